The average Bonchev–Trinajstić information content (AvgIpc) is 3.12. The van der Waals surface area contributed by atoms with Gasteiger partial charge in [0.15, 0.2) is 0 Å². The van der Waals surface area contributed by atoms with Crippen molar-refractivity contribution < 1.29 is 33.5 Å². The summed E-state index contributed by atoms with van der Waals surface area (Å²) in [5.41, 5.74) is 5.36. The summed E-state index contributed by atoms with van der Waals surface area (Å²) in [7, 11) is -4.40. The smallest absolute Gasteiger partial charge is 0.393 e. The van der Waals surface area contributed by atoms with Crippen LogP contribution in [0.25, 0.3) is 0 Å². The summed E-state index contributed by atoms with van der Waals surface area (Å²) < 4.78 is 22.0. The van der Waals surface area contributed by atoms with Crippen LogP contribution in [0.15, 0.2) is 36.5 Å². The molecule has 0 saturated heterocycles. The van der Waals surface area contributed by atoms with Gasteiger partial charge < -0.3 is 26.2 Å². The van der Waals surface area contributed by atoms with Crippen LogP contribution in [0.1, 0.15) is 187 Å². The Balaban J connectivity index is 4.38. The molecule has 0 aromatic carbocycles. The summed E-state index contributed by atoms with van der Waals surface area (Å²) in [4.78, 5) is 22.7. The van der Waals surface area contributed by atoms with Crippen molar-refractivity contribution in [2.75, 3.05) is 19.8 Å². The van der Waals surface area contributed by atoms with Gasteiger partial charge in [0.05, 0.1) is 37.9 Å². The fourth-order valence-corrected chi connectivity index (χ4v) is 6.79. The van der Waals surface area contributed by atoms with Gasteiger partial charge in [-0.1, -0.05) is 166 Å². The van der Waals surface area contributed by atoms with Gasteiger partial charge in [0, 0.05) is 6.54 Å². The number of hydrogen-bond donors (Lipinski definition) is 5. The second kappa shape index (κ2) is 38.0. The second-order valence-electron chi connectivity index (χ2n) is 14.4. The third kappa shape index (κ3) is 35.7. The lowest BCUT2D eigenvalue weighted by atomic mass is 10.0. The minimum absolute atomic E-state index is 0.0469. The van der Waals surface area contributed by atoms with Gasteiger partial charge in [-0.25, -0.2) is 4.57 Å². The Bertz CT molecular complexity index is 930. The molecule has 0 spiro atoms. The molecule has 306 valence electrons. The third-order valence-corrected chi connectivity index (χ3v) is 10.2. The van der Waals surface area contributed by atoms with Crippen LogP contribution in [0.3, 0.4) is 0 Å². The minimum Gasteiger partial charge on any atom is -0.393 e. The number of aliphatic hydroxyl groups is 2. The first kappa shape index (κ1) is 50.7. The molecule has 0 rings (SSSR count). The molecule has 0 heterocycles. The molecule has 0 aliphatic carbocycles. The quantitative estimate of drug-likeness (QED) is 0.0236. The van der Waals surface area contributed by atoms with Crippen LogP contribution in [0.5, 0.6) is 0 Å². The molecule has 0 aromatic rings. The lowest BCUT2D eigenvalue weighted by Crippen LogP contribution is -2.46. The number of nitrogens with one attached hydrogen (secondary N) is 1. The third-order valence-electron chi connectivity index (χ3n) is 9.26. The first-order valence-corrected chi connectivity index (χ1v) is 22.7. The number of amides is 1. The Kier molecular flexibility index (Phi) is 37.0. The van der Waals surface area contributed by atoms with E-state index in [1.807, 2.05) is 6.08 Å². The summed E-state index contributed by atoms with van der Waals surface area (Å²) in [6, 6.07) is -0.986. The Morgan fingerprint density at radius 2 is 1.13 bits per heavy atom. The molecule has 0 saturated carbocycles. The van der Waals surface area contributed by atoms with E-state index >= 15 is 0 Å². The van der Waals surface area contributed by atoms with Crippen molar-refractivity contribution >= 4 is 13.7 Å². The summed E-state index contributed by atoms with van der Waals surface area (Å²) >= 11 is 0. The molecule has 0 bridgehead atoms. The maximum Gasteiger partial charge on any atom is 0.472 e. The highest BCUT2D eigenvalue weighted by Gasteiger charge is 2.27. The minimum atomic E-state index is -4.40. The predicted octanol–water partition coefficient (Wildman–Crippen LogP) is 10.5. The largest absolute Gasteiger partial charge is 0.472 e. The normalized spacial score (nSPS) is 15.1. The number of rotatable bonds is 39. The van der Waals surface area contributed by atoms with Crippen LogP contribution in [-0.4, -0.2) is 59.0 Å². The van der Waals surface area contributed by atoms with E-state index in [-0.39, 0.29) is 19.6 Å². The van der Waals surface area contributed by atoms with E-state index in [1.54, 1.807) is 6.08 Å². The molecular formula is C42H81N2O7P. The zero-order valence-corrected chi connectivity index (χ0v) is 34.3. The number of carbonyl (C=O) groups is 1. The molecule has 4 atom stereocenters. The Labute approximate surface area is 319 Å². The van der Waals surface area contributed by atoms with Crippen LogP contribution >= 0.6 is 7.82 Å². The molecule has 10 heteroatoms. The number of aliphatic hydroxyl groups excluding tert-OH is 2. The topological polar surface area (TPSA) is 151 Å². The van der Waals surface area contributed by atoms with Gasteiger partial charge in [0.2, 0.25) is 5.91 Å². The average molecular weight is 757 g/mol. The van der Waals surface area contributed by atoms with Crippen LogP contribution in [0.4, 0.5) is 0 Å². The molecule has 4 unspecified atom stereocenters. The van der Waals surface area contributed by atoms with E-state index in [4.69, 9.17) is 14.8 Å². The molecule has 0 aliphatic heterocycles. The van der Waals surface area contributed by atoms with Crippen molar-refractivity contribution in [1.29, 1.82) is 0 Å². The number of phosphoric acid groups is 1. The number of allylic oxidation sites excluding steroid dienone is 5. The highest BCUT2D eigenvalue weighted by atomic mass is 31.2. The van der Waals surface area contributed by atoms with Gasteiger partial charge in [-0.2, -0.15) is 0 Å². The maximum absolute atomic E-state index is 12.8. The number of carbonyl (C=O) groups excluding carboxylic acids is 1. The van der Waals surface area contributed by atoms with Gasteiger partial charge in [-0.15, -0.1) is 0 Å². The van der Waals surface area contributed by atoms with E-state index in [2.05, 4.69) is 43.5 Å². The first-order chi connectivity index (χ1) is 25.3. The first-order valence-electron chi connectivity index (χ1n) is 21.2. The fourth-order valence-electron chi connectivity index (χ4n) is 6.03. The zero-order valence-electron chi connectivity index (χ0n) is 33.4. The molecular weight excluding hydrogens is 675 g/mol. The van der Waals surface area contributed by atoms with Crippen molar-refractivity contribution in [1.82, 2.24) is 5.32 Å². The van der Waals surface area contributed by atoms with Crippen molar-refractivity contribution in [2.24, 2.45) is 5.73 Å². The predicted molar refractivity (Wildman–Crippen MR) is 218 cm³/mol. The Hall–Kier alpha value is -1.32. The van der Waals surface area contributed by atoms with Gasteiger partial charge in [0.1, 0.15) is 0 Å². The summed E-state index contributed by atoms with van der Waals surface area (Å²) in [5.74, 6) is -0.455. The van der Waals surface area contributed by atoms with E-state index in [9.17, 15) is 24.5 Å². The Morgan fingerprint density at radius 3 is 1.67 bits per heavy atom. The number of nitrogens with two attached hydrogens (primary N) is 1. The molecule has 1 amide bonds. The van der Waals surface area contributed by atoms with Crippen molar-refractivity contribution in [3.05, 3.63) is 36.5 Å². The van der Waals surface area contributed by atoms with Gasteiger partial charge >= 0.3 is 7.82 Å². The van der Waals surface area contributed by atoms with Crippen LogP contribution in [-0.2, 0) is 18.4 Å². The second-order valence-corrected chi connectivity index (χ2v) is 15.8. The number of hydrogen-bond acceptors (Lipinski definition) is 7. The van der Waals surface area contributed by atoms with E-state index < -0.39 is 38.6 Å². The summed E-state index contributed by atoms with van der Waals surface area (Å²) in [6.07, 6.45) is 40.8. The van der Waals surface area contributed by atoms with Crippen LogP contribution in [0.2, 0.25) is 0 Å². The fraction of sp³-hybridized carbons (Fsp3) is 0.833. The number of phosphoric ester groups is 1. The van der Waals surface area contributed by atoms with Crippen molar-refractivity contribution in [2.45, 2.75) is 205 Å². The van der Waals surface area contributed by atoms with E-state index in [0.717, 1.165) is 64.2 Å². The van der Waals surface area contributed by atoms with Gasteiger partial charge in [0.25, 0.3) is 0 Å². The molecule has 6 N–H and O–H groups in total. The summed E-state index contributed by atoms with van der Waals surface area (Å²) in [6.45, 7) is 3.93. The van der Waals surface area contributed by atoms with E-state index in [1.165, 1.54) is 96.3 Å². The highest BCUT2D eigenvalue weighted by Crippen LogP contribution is 2.43. The SMILES string of the molecule is CCCCC/C=C\C/C=C\CCCCCCCC(O)CC(=O)NC(COP(=O)(O)OCCN)C(O)/C=C/CCCCCCCCCCCCCCC. The lowest BCUT2D eigenvalue weighted by Gasteiger charge is -2.24. The standard InChI is InChI=1S/C42H81N2O7P/c1-3-5-7-9-11-13-15-17-19-21-23-25-27-29-31-33-39(45)37-42(47)44-40(38-51-52(48,49)50-36-35-43)41(46)34-32-30-28-26-24-22-20-18-16-14-12-10-8-6-4-2/h11,13,17,19,32,34,39-41,45-46H,3-10,12,14-16,18,20-31,33,35-38,43H2,1-2H3,(H,44,47)(H,48,49)/b13-11-,19-17-,34-32+. The molecule has 9 nitrogen and oxygen atoms in total. The summed E-state index contributed by atoms with van der Waals surface area (Å²) in [5, 5.41) is 24.0. The highest BCUT2D eigenvalue weighted by molar-refractivity contribution is 7.47. The lowest BCUT2D eigenvalue weighted by molar-refractivity contribution is -0.124. The maximum atomic E-state index is 12.8. The van der Waals surface area contributed by atoms with Gasteiger partial charge in [-0.05, 0) is 51.4 Å². The van der Waals surface area contributed by atoms with Crippen molar-refractivity contribution in [3.63, 3.8) is 0 Å². The molecule has 0 radical (unpaired) electrons. The molecule has 0 fully saturated rings. The monoisotopic (exact) mass is 757 g/mol. The molecule has 0 aromatic heterocycles. The van der Waals surface area contributed by atoms with Gasteiger partial charge in [-0.3, -0.25) is 13.8 Å². The van der Waals surface area contributed by atoms with Crippen LogP contribution in [0, 0.1) is 0 Å². The molecule has 0 aliphatic rings. The number of unbranched alkanes of at least 4 members (excludes halogenated alkanes) is 21. The Morgan fingerprint density at radius 1 is 0.673 bits per heavy atom. The zero-order chi connectivity index (χ0) is 38.4. The van der Waals surface area contributed by atoms with Crippen LogP contribution < -0.4 is 11.1 Å². The molecule has 52 heavy (non-hydrogen) atoms. The van der Waals surface area contributed by atoms with Crippen molar-refractivity contribution in [3.8, 4) is 0 Å². The van der Waals surface area contributed by atoms with E-state index in [0.29, 0.717) is 6.42 Å².